The summed E-state index contributed by atoms with van der Waals surface area (Å²) in [6, 6.07) is 0.505. The van der Waals surface area contributed by atoms with Crippen LogP contribution in [0, 0.1) is 0 Å². The van der Waals surface area contributed by atoms with E-state index in [1.807, 2.05) is 6.92 Å². The summed E-state index contributed by atoms with van der Waals surface area (Å²) in [4.78, 5) is 6.75. The van der Waals surface area contributed by atoms with Crippen LogP contribution in [0.4, 0.5) is 0 Å². The van der Waals surface area contributed by atoms with E-state index in [1.165, 1.54) is 0 Å². The molecule has 1 fully saturated rings. The molecule has 0 spiro atoms. The van der Waals surface area contributed by atoms with Gasteiger partial charge in [0.25, 0.3) is 0 Å². The molecule has 0 aliphatic carbocycles. The molecule has 0 amide bonds. The lowest BCUT2D eigenvalue weighted by Gasteiger charge is -2.34. The molecule has 1 aromatic rings. The van der Waals surface area contributed by atoms with Crippen LogP contribution in [0.5, 0.6) is 0 Å². The number of nitrogens with zero attached hydrogens (tertiary/aromatic N) is 3. The van der Waals surface area contributed by atoms with E-state index in [2.05, 4.69) is 28.9 Å². The number of ether oxygens (including phenoxy) is 1. The molecule has 0 bridgehead atoms. The van der Waals surface area contributed by atoms with Gasteiger partial charge in [0.1, 0.15) is 6.10 Å². The maximum Gasteiger partial charge on any atom is 0.230 e. The Kier molecular flexibility index (Phi) is 4.31. The molecule has 0 radical (unpaired) electrons. The molecule has 6 nitrogen and oxygen atoms in total. The van der Waals surface area contributed by atoms with Gasteiger partial charge in [0.05, 0.1) is 6.61 Å². The standard InChI is InChI=1S/C12H22N4O2/c1-8(2)16-4-5-17-10(7-16)11-14-12(18-15-11)9(3)6-13/h8-10H,4-7,13H2,1-3H3. The Hall–Kier alpha value is -0.980. The highest BCUT2D eigenvalue weighted by molar-refractivity contribution is 4.98. The Labute approximate surface area is 107 Å². The maximum atomic E-state index is 5.71. The zero-order valence-corrected chi connectivity index (χ0v) is 11.3. The largest absolute Gasteiger partial charge is 0.367 e. The van der Waals surface area contributed by atoms with Gasteiger partial charge in [-0.2, -0.15) is 4.98 Å². The smallest absolute Gasteiger partial charge is 0.230 e. The van der Waals surface area contributed by atoms with E-state index in [0.29, 0.717) is 30.9 Å². The second kappa shape index (κ2) is 5.77. The maximum absolute atomic E-state index is 5.71. The van der Waals surface area contributed by atoms with Crippen LogP contribution in [0.25, 0.3) is 0 Å². The van der Waals surface area contributed by atoms with Gasteiger partial charge < -0.3 is 15.0 Å². The summed E-state index contributed by atoms with van der Waals surface area (Å²) < 4.78 is 10.9. The summed E-state index contributed by atoms with van der Waals surface area (Å²) >= 11 is 0. The first-order valence-corrected chi connectivity index (χ1v) is 6.51. The molecule has 0 aromatic carbocycles. The molecule has 2 heterocycles. The van der Waals surface area contributed by atoms with Crippen LogP contribution in [-0.4, -0.2) is 47.3 Å². The van der Waals surface area contributed by atoms with Gasteiger partial charge >= 0.3 is 0 Å². The summed E-state index contributed by atoms with van der Waals surface area (Å²) in [7, 11) is 0. The summed E-state index contributed by atoms with van der Waals surface area (Å²) in [6.45, 7) is 9.32. The number of morpholine rings is 1. The Morgan fingerprint density at radius 3 is 2.89 bits per heavy atom. The Morgan fingerprint density at radius 2 is 2.22 bits per heavy atom. The molecule has 102 valence electrons. The quantitative estimate of drug-likeness (QED) is 0.860. The van der Waals surface area contributed by atoms with Gasteiger partial charge in [-0.05, 0) is 13.8 Å². The first-order chi connectivity index (χ1) is 8.61. The Balaban J connectivity index is 2.04. The molecular weight excluding hydrogens is 232 g/mol. The molecule has 6 heteroatoms. The van der Waals surface area contributed by atoms with E-state index in [4.69, 9.17) is 15.0 Å². The van der Waals surface area contributed by atoms with Crippen molar-refractivity contribution in [2.45, 2.75) is 38.8 Å². The number of aromatic nitrogens is 2. The molecule has 2 rings (SSSR count). The Morgan fingerprint density at radius 1 is 1.44 bits per heavy atom. The predicted molar refractivity (Wildman–Crippen MR) is 67.2 cm³/mol. The van der Waals surface area contributed by atoms with Crippen LogP contribution in [0.15, 0.2) is 4.52 Å². The third kappa shape index (κ3) is 2.88. The van der Waals surface area contributed by atoms with Crippen LogP contribution < -0.4 is 5.73 Å². The van der Waals surface area contributed by atoms with Crippen molar-refractivity contribution in [1.29, 1.82) is 0 Å². The van der Waals surface area contributed by atoms with Gasteiger partial charge in [0, 0.05) is 31.6 Å². The summed E-state index contributed by atoms with van der Waals surface area (Å²) in [5.41, 5.74) is 5.59. The highest BCUT2D eigenvalue weighted by Crippen LogP contribution is 2.22. The minimum atomic E-state index is -0.0939. The molecular formula is C12H22N4O2. The molecule has 2 unspecified atom stereocenters. The first kappa shape index (κ1) is 13.5. The van der Waals surface area contributed by atoms with E-state index in [9.17, 15) is 0 Å². The first-order valence-electron chi connectivity index (χ1n) is 6.51. The average molecular weight is 254 g/mol. The van der Waals surface area contributed by atoms with Crippen LogP contribution >= 0.6 is 0 Å². The van der Waals surface area contributed by atoms with E-state index >= 15 is 0 Å². The molecule has 2 atom stereocenters. The van der Waals surface area contributed by atoms with Crippen molar-refractivity contribution in [3.63, 3.8) is 0 Å². The lowest BCUT2D eigenvalue weighted by molar-refractivity contribution is -0.0450. The minimum Gasteiger partial charge on any atom is -0.367 e. The lowest BCUT2D eigenvalue weighted by Crippen LogP contribution is -2.42. The van der Waals surface area contributed by atoms with Crippen LogP contribution in [0.2, 0.25) is 0 Å². The van der Waals surface area contributed by atoms with Gasteiger partial charge in [-0.15, -0.1) is 0 Å². The summed E-state index contributed by atoms with van der Waals surface area (Å²) in [6.07, 6.45) is -0.0939. The second-order valence-corrected chi connectivity index (χ2v) is 5.08. The molecule has 1 aliphatic rings. The van der Waals surface area contributed by atoms with Crippen molar-refractivity contribution in [3.8, 4) is 0 Å². The fourth-order valence-electron chi connectivity index (χ4n) is 1.97. The van der Waals surface area contributed by atoms with Gasteiger partial charge in [0.2, 0.25) is 11.7 Å². The fraction of sp³-hybridized carbons (Fsp3) is 0.833. The topological polar surface area (TPSA) is 77.4 Å². The van der Waals surface area contributed by atoms with E-state index in [-0.39, 0.29) is 12.0 Å². The highest BCUT2D eigenvalue weighted by Gasteiger charge is 2.27. The number of rotatable bonds is 4. The monoisotopic (exact) mass is 254 g/mol. The predicted octanol–water partition coefficient (Wildman–Crippen LogP) is 0.913. The summed E-state index contributed by atoms with van der Waals surface area (Å²) in [5, 5.41) is 4.01. The SMILES string of the molecule is CC(CN)c1nc(C2CN(C(C)C)CCO2)no1. The molecule has 1 saturated heterocycles. The lowest BCUT2D eigenvalue weighted by atomic mass is 10.2. The van der Waals surface area contributed by atoms with E-state index in [1.54, 1.807) is 0 Å². The van der Waals surface area contributed by atoms with E-state index in [0.717, 1.165) is 13.1 Å². The normalized spacial score (nSPS) is 23.5. The number of hydrogen-bond donors (Lipinski definition) is 1. The molecule has 2 N–H and O–H groups in total. The van der Waals surface area contributed by atoms with Crippen LogP contribution in [0.3, 0.4) is 0 Å². The third-order valence-electron chi connectivity index (χ3n) is 3.35. The van der Waals surface area contributed by atoms with Crippen LogP contribution in [0.1, 0.15) is 44.5 Å². The van der Waals surface area contributed by atoms with Gasteiger partial charge in [-0.1, -0.05) is 12.1 Å². The molecule has 0 saturated carbocycles. The van der Waals surface area contributed by atoms with Crippen molar-refractivity contribution in [2.75, 3.05) is 26.2 Å². The van der Waals surface area contributed by atoms with Crippen molar-refractivity contribution < 1.29 is 9.26 Å². The van der Waals surface area contributed by atoms with Crippen molar-refractivity contribution in [1.82, 2.24) is 15.0 Å². The minimum absolute atomic E-state index is 0.0936. The molecule has 1 aliphatic heterocycles. The number of nitrogens with two attached hydrogens (primary N) is 1. The number of hydrogen-bond acceptors (Lipinski definition) is 6. The van der Waals surface area contributed by atoms with Crippen molar-refractivity contribution >= 4 is 0 Å². The van der Waals surface area contributed by atoms with Gasteiger partial charge in [0.15, 0.2) is 0 Å². The van der Waals surface area contributed by atoms with Crippen molar-refractivity contribution in [3.05, 3.63) is 11.7 Å². The van der Waals surface area contributed by atoms with Crippen molar-refractivity contribution in [2.24, 2.45) is 5.73 Å². The summed E-state index contributed by atoms with van der Waals surface area (Å²) in [5.74, 6) is 1.32. The second-order valence-electron chi connectivity index (χ2n) is 5.08. The van der Waals surface area contributed by atoms with Gasteiger partial charge in [-0.3, -0.25) is 4.90 Å². The Bertz CT molecular complexity index is 380. The van der Waals surface area contributed by atoms with E-state index < -0.39 is 0 Å². The third-order valence-corrected chi connectivity index (χ3v) is 3.35. The highest BCUT2D eigenvalue weighted by atomic mass is 16.5. The molecule has 1 aromatic heterocycles. The van der Waals surface area contributed by atoms with Crippen LogP contribution in [-0.2, 0) is 4.74 Å². The average Bonchev–Trinajstić information content (AvgIpc) is 2.87. The zero-order chi connectivity index (χ0) is 13.1. The molecule has 18 heavy (non-hydrogen) atoms. The zero-order valence-electron chi connectivity index (χ0n) is 11.3. The van der Waals surface area contributed by atoms with Gasteiger partial charge in [-0.25, -0.2) is 0 Å². The fourth-order valence-corrected chi connectivity index (χ4v) is 1.97.